The van der Waals surface area contributed by atoms with E-state index in [1.54, 1.807) is 0 Å². The van der Waals surface area contributed by atoms with Crippen LogP contribution in [-0.2, 0) is 0 Å². The predicted molar refractivity (Wildman–Crippen MR) is 76.9 cm³/mol. The van der Waals surface area contributed by atoms with Gasteiger partial charge in [-0.25, -0.2) is 4.98 Å². The number of hydrogen-bond donors (Lipinski definition) is 1. The third kappa shape index (κ3) is 2.23. The lowest BCUT2D eigenvalue weighted by Gasteiger charge is -2.26. The Kier molecular flexibility index (Phi) is 3.46. The third-order valence-electron chi connectivity index (χ3n) is 5.03. The molecular formula is C15H24N2S. The molecule has 3 rings (SSSR count). The average molecular weight is 264 g/mol. The van der Waals surface area contributed by atoms with Crippen LogP contribution in [0.5, 0.6) is 0 Å². The maximum Gasteiger partial charge on any atom is 0.0900 e. The highest BCUT2D eigenvalue weighted by molar-refractivity contribution is 7.11. The molecule has 0 aromatic carbocycles. The molecule has 4 unspecified atom stereocenters. The molecule has 2 bridgehead atoms. The summed E-state index contributed by atoms with van der Waals surface area (Å²) in [5.41, 5.74) is 1.24. The second kappa shape index (κ2) is 4.93. The van der Waals surface area contributed by atoms with Crippen molar-refractivity contribution in [1.29, 1.82) is 0 Å². The Bertz CT molecular complexity index is 426. The normalized spacial score (nSPS) is 32.1. The van der Waals surface area contributed by atoms with Gasteiger partial charge in [0.1, 0.15) is 0 Å². The average Bonchev–Trinajstić information content (AvgIpc) is 3.01. The summed E-state index contributed by atoms with van der Waals surface area (Å²) in [5, 5.41) is 4.73. The molecular weight excluding hydrogens is 240 g/mol. The van der Waals surface area contributed by atoms with Crippen LogP contribution in [0.15, 0.2) is 0 Å². The molecule has 4 atom stereocenters. The van der Waals surface area contributed by atoms with Crippen molar-refractivity contribution in [2.45, 2.75) is 52.0 Å². The molecule has 1 heterocycles. The predicted octanol–water partition coefficient (Wildman–Crippen LogP) is 3.85. The van der Waals surface area contributed by atoms with E-state index in [-0.39, 0.29) is 0 Å². The highest BCUT2D eigenvalue weighted by Gasteiger charge is 2.40. The van der Waals surface area contributed by atoms with Crippen LogP contribution < -0.4 is 5.32 Å². The zero-order chi connectivity index (χ0) is 12.7. The first kappa shape index (κ1) is 12.6. The van der Waals surface area contributed by atoms with Crippen LogP contribution in [0.3, 0.4) is 0 Å². The van der Waals surface area contributed by atoms with E-state index in [0.29, 0.717) is 6.04 Å². The maximum absolute atomic E-state index is 4.58. The molecule has 1 N–H and O–H groups in total. The summed E-state index contributed by atoms with van der Waals surface area (Å²) in [6.07, 6.45) is 7.32. The number of hydrogen-bond acceptors (Lipinski definition) is 3. The highest BCUT2D eigenvalue weighted by atomic mass is 32.1. The number of thiazole rings is 1. The first-order valence-corrected chi connectivity index (χ1v) is 8.10. The molecule has 0 saturated heterocycles. The van der Waals surface area contributed by atoms with Gasteiger partial charge in [-0.2, -0.15) is 0 Å². The number of aromatic nitrogens is 1. The number of aryl methyl sites for hydroxylation is 2. The van der Waals surface area contributed by atoms with Crippen molar-refractivity contribution < 1.29 is 0 Å². The molecule has 3 heteroatoms. The van der Waals surface area contributed by atoms with E-state index in [1.165, 1.54) is 47.7 Å². The summed E-state index contributed by atoms with van der Waals surface area (Å²) in [6.45, 7) is 4.27. The monoisotopic (exact) mass is 264 g/mol. The van der Waals surface area contributed by atoms with Gasteiger partial charge in [-0.15, -0.1) is 11.3 Å². The Morgan fingerprint density at radius 1 is 1.33 bits per heavy atom. The zero-order valence-corrected chi connectivity index (χ0v) is 12.5. The lowest BCUT2D eigenvalue weighted by atomic mass is 9.84. The van der Waals surface area contributed by atoms with E-state index in [1.807, 2.05) is 11.3 Å². The molecule has 1 aromatic heterocycles. The Labute approximate surface area is 114 Å². The van der Waals surface area contributed by atoms with E-state index in [4.69, 9.17) is 0 Å². The highest BCUT2D eigenvalue weighted by Crippen LogP contribution is 2.51. The lowest BCUT2D eigenvalue weighted by molar-refractivity contribution is 0.285. The number of nitrogens with zero attached hydrogens (tertiary/aromatic N) is 1. The van der Waals surface area contributed by atoms with Crippen molar-refractivity contribution in [2.24, 2.45) is 17.8 Å². The molecule has 0 radical (unpaired) electrons. The first-order valence-electron chi connectivity index (χ1n) is 7.28. The lowest BCUT2D eigenvalue weighted by Crippen LogP contribution is -2.22. The van der Waals surface area contributed by atoms with Gasteiger partial charge >= 0.3 is 0 Å². The third-order valence-corrected chi connectivity index (χ3v) is 6.21. The standard InChI is InChI=1S/C15H24N2S/c1-9-15(18-10(2)17-9)14(16-3)8-13-7-11-4-5-12(13)6-11/h11-14,16H,4-8H2,1-3H3. The van der Waals surface area contributed by atoms with Crippen LogP contribution in [-0.4, -0.2) is 12.0 Å². The number of fused-ring (bicyclic) bond motifs is 2. The molecule has 2 nitrogen and oxygen atoms in total. The van der Waals surface area contributed by atoms with E-state index in [0.717, 1.165) is 17.8 Å². The molecule has 0 amide bonds. The molecule has 1 aromatic rings. The fourth-order valence-electron chi connectivity index (χ4n) is 4.19. The number of nitrogens with one attached hydrogen (secondary N) is 1. The summed E-state index contributed by atoms with van der Waals surface area (Å²) < 4.78 is 0. The van der Waals surface area contributed by atoms with E-state index in [9.17, 15) is 0 Å². The van der Waals surface area contributed by atoms with Crippen LogP contribution in [0.1, 0.15) is 53.7 Å². The first-order chi connectivity index (χ1) is 8.67. The molecule has 2 aliphatic rings. The fraction of sp³-hybridized carbons (Fsp3) is 0.800. The van der Waals surface area contributed by atoms with Gasteiger partial charge in [-0.05, 0) is 64.3 Å². The van der Waals surface area contributed by atoms with E-state index in [2.05, 4.69) is 31.2 Å². The largest absolute Gasteiger partial charge is 0.312 e. The fourth-order valence-corrected chi connectivity index (χ4v) is 5.24. The van der Waals surface area contributed by atoms with Crippen LogP contribution in [0.2, 0.25) is 0 Å². The molecule has 2 aliphatic carbocycles. The van der Waals surface area contributed by atoms with Crippen molar-refractivity contribution in [3.63, 3.8) is 0 Å². The quantitative estimate of drug-likeness (QED) is 0.893. The minimum atomic E-state index is 0.528. The second-order valence-electron chi connectivity index (χ2n) is 6.19. The summed E-state index contributed by atoms with van der Waals surface area (Å²) in [6, 6.07) is 0.528. The smallest absolute Gasteiger partial charge is 0.0900 e. The van der Waals surface area contributed by atoms with Gasteiger partial charge in [-0.3, -0.25) is 0 Å². The van der Waals surface area contributed by atoms with Crippen molar-refractivity contribution in [3.05, 3.63) is 15.6 Å². The Morgan fingerprint density at radius 3 is 2.67 bits per heavy atom. The Morgan fingerprint density at radius 2 is 2.17 bits per heavy atom. The topological polar surface area (TPSA) is 24.9 Å². The van der Waals surface area contributed by atoms with Gasteiger partial charge in [0.15, 0.2) is 0 Å². The molecule has 2 fully saturated rings. The van der Waals surface area contributed by atoms with Gasteiger partial charge < -0.3 is 5.32 Å². The summed E-state index contributed by atoms with van der Waals surface area (Å²) >= 11 is 1.88. The second-order valence-corrected chi connectivity index (χ2v) is 7.43. The molecule has 0 spiro atoms. The van der Waals surface area contributed by atoms with Crippen molar-refractivity contribution in [3.8, 4) is 0 Å². The van der Waals surface area contributed by atoms with Crippen LogP contribution >= 0.6 is 11.3 Å². The number of rotatable bonds is 4. The van der Waals surface area contributed by atoms with Crippen molar-refractivity contribution >= 4 is 11.3 Å². The summed E-state index contributed by atoms with van der Waals surface area (Å²) in [4.78, 5) is 6.05. The van der Waals surface area contributed by atoms with Crippen LogP contribution in [0, 0.1) is 31.6 Å². The SMILES string of the molecule is CNC(CC1CC2CCC1C2)c1sc(C)nc1C. The zero-order valence-electron chi connectivity index (χ0n) is 11.7. The van der Waals surface area contributed by atoms with Crippen LogP contribution in [0.4, 0.5) is 0 Å². The van der Waals surface area contributed by atoms with Gasteiger partial charge in [0.05, 0.1) is 10.7 Å². The van der Waals surface area contributed by atoms with Gasteiger partial charge in [0.25, 0.3) is 0 Å². The minimum absolute atomic E-state index is 0.528. The Hall–Kier alpha value is -0.410. The molecule has 0 aliphatic heterocycles. The molecule has 100 valence electrons. The van der Waals surface area contributed by atoms with Crippen LogP contribution in [0.25, 0.3) is 0 Å². The van der Waals surface area contributed by atoms with Crippen molar-refractivity contribution in [2.75, 3.05) is 7.05 Å². The van der Waals surface area contributed by atoms with Gasteiger partial charge in [0, 0.05) is 10.9 Å². The summed E-state index contributed by atoms with van der Waals surface area (Å²) in [5.74, 6) is 3.05. The molecule has 2 saturated carbocycles. The van der Waals surface area contributed by atoms with Gasteiger partial charge in [-0.1, -0.05) is 6.42 Å². The minimum Gasteiger partial charge on any atom is -0.312 e. The maximum atomic E-state index is 4.58. The summed E-state index contributed by atoms with van der Waals surface area (Å²) in [7, 11) is 2.10. The Balaban J connectivity index is 1.71. The van der Waals surface area contributed by atoms with Gasteiger partial charge in [0.2, 0.25) is 0 Å². The van der Waals surface area contributed by atoms with E-state index < -0.39 is 0 Å². The van der Waals surface area contributed by atoms with Crippen molar-refractivity contribution in [1.82, 2.24) is 10.3 Å². The van der Waals surface area contributed by atoms with E-state index >= 15 is 0 Å². The molecule has 18 heavy (non-hydrogen) atoms.